The number of ether oxygens (including phenoxy) is 1. The third-order valence-electron chi connectivity index (χ3n) is 4.99. The highest BCUT2D eigenvalue weighted by molar-refractivity contribution is 6.33. The number of nitrogens with zero attached hydrogens (tertiary/aromatic N) is 3. The van der Waals surface area contributed by atoms with Crippen LogP contribution in [0.15, 0.2) is 41.3 Å². The number of anilines is 1. The number of aromatic amines is 1. The number of hydrogen-bond acceptors (Lipinski definition) is 5. The molecule has 13 heteroatoms. The second-order valence-corrected chi connectivity index (χ2v) is 7.81. The highest BCUT2D eigenvalue weighted by atomic mass is 35.5. The Labute approximate surface area is 194 Å². The minimum atomic E-state index is -4.50. The van der Waals surface area contributed by atoms with Gasteiger partial charge in [0.15, 0.2) is 6.61 Å². The molecule has 2 aromatic heterocycles. The zero-order valence-electron chi connectivity index (χ0n) is 17.2. The number of alkyl halides is 3. The number of hydrogen-bond donors (Lipinski definition) is 2. The Kier molecular flexibility index (Phi) is 6.42. The molecule has 0 bridgehead atoms. The van der Waals surface area contributed by atoms with Crippen molar-refractivity contribution in [3.63, 3.8) is 0 Å². The fourth-order valence-corrected chi connectivity index (χ4v) is 3.62. The van der Waals surface area contributed by atoms with Gasteiger partial charge in [-0.25, -0.2) is 19.3 Å². The maximum atomic E-state index is 14.7. The van der Waals surface area contributed by atoms with Crippen LogP contribution < -0.4 is 15.6 Å². The van der Waals surface area contributed by atoms with E-state index in [-0.39, 0.29) is 34.3 Å². The molecule has 34 heavy (non-hydrogen) atoms. The van der Waals surface area contributed by atoms with Crippen LogP contribution in [-0.2, 0) is 13.0 Å². The summed E-state index contributed by atoms with van der Waals surface area (Å²) in [6.45, 7) is -1.04. The standard InChI is InChI=1S/C21H16ClF4N5O3/c22-14-7-16(28-20(33)31-4-3-11-5-18(32)30-29-17(11)9-31)15(23)6-13(14)12-1-2-19(27-8-12)34-10-21(24,25)26/h1-2,5-8H,3-4,9-10H2,(H,28,33)(H,30,32). The summed E-state index contributed by atoms with van der Waals surface area (Å²) in [5.41, 5.74) is 1.38. The number of rotatable bonds is 4. The first-order chi connectivity index (χ1) is 16.1. The van der Waals surface area contributed by atoms with E-state index in [1.165, 1.54) is 35.4 Å². The normalized spacial score (nSPS) is 13.4. The maximum Gasteiger partial charge on any atom is 0.422 e. The van der Waals surface area contributed by atoms with E-state index in [9.17, 15) is 27.2 Å². The lowest BCUT2D eigenvalue weighted by atomic mass is 10.1. The molecule has 8 nitrogen and oxygen atoms in total. The molecule has 1 aliphatic heterocycles. The average Bonchev–Trinajstić information content (AvgIpc) is 2.79. The van der Waals surface area contributed by atoms with E-state index in [2.05, 4.69) is 25.2 Å². The minimum Gasteiger partial charge on any atom is -0.468 e. The van der Waals surface area contributed by atoms with Crippen LogP contribution in [-0.4, -0.2) is 45.4 Å². The van der Waals surface area contributed by atoms with Crippen molar-refractivity contribution in [2.75, 3.05) is 18.5 Å². The second-order valence-electron chi connectivity index (χ2n) is 7.41. The molecular formula is C21H16ClF4N5O3. The molecule has 2 amide bonds. The van der Waals surface area contributed by atoms with E-state index >= 15 is 0 Å². The van der Waals surface area contributed by atoms with Crippen molar-refractivity contribution in [2.24, 2.45) is 0 Å². The van der Waals surface area contributed by atoms with E-state index in [1.807, 2.05) is 0 Å². The van der Waals surface area contributed by atoms with Crippen LogP contribution in [0.5, 0.6) is 5.88 Å². The number of carbonyl (C=O) groups is 1. The summed E-state index contributed by atoms with van der Waals surface area (Å²) in [6, 6.07) is 5.77. The predicted octanol–water partition coefficient (Wildman–Crippen LogP) is 4.16. The average molecular weight is 498 g/mol. The molecular weight excluding hydrogens is 482 g/mol. The van der Waals surface area contributed by atoms with Gasteiger partial charge in [-0.2, -0.15) is 18.3 Å². The van der Waals surface area contributed by atoms with Gasteiger partial charge in [-0.3, -0.25) is 4.79 Å². The predicted molar refractivity (Wildman–Crippen MR) is 114 cm³/mol. The smallest absolute Gasteiger partial charge is 0.422 e. The van der Waals surface area contributed by atoms with Gasteiger partial charge in [0.2, 0.25) is 5.88 Å². The summed E-state index contributed by atoms with van der Waals surface area (Å²) in [5.74, 6) is -1.02. The molecule has 0 atom stereocenters. The largest absolute Gasteiger partial charge is 0.468 e. The first-order valence-electron chi connectivity index (χ1n) is 9.87. The summed E-state index contributed by atoms with van der Waals surface area (Å²) in [6.07, 6.45) is -2.87. The van der Waals surface area contributed by atoms with E-state index < -0.39 is 24.6 Å². The Bertz CT molecular complexity index is 1280. The Balaban J connectivity index is 1.46. The van der Waals surface area contributed by atoms with E-state index in [4.69, 9.17) is 11.6 Å². The van der Waals surface area contributed by atoms with Gasteiger partial charge in [0.05, 0.1) is 22.9 Å². The molecule has 0 saturated carbocycles. The van der Waals surface area contributed by atoms with Crippen molar-refractivity contribution in [2.45, 2.75) is 19.1 Å². The molecule has 2 N–H and O–H groups in total. The van der Waals surface area contributed by atoms with Gasteiger partial charge in [0.1, 0.15) is 5.82 Å². The minimum absolute atomic E-state index is 0.0886. The molecule has 0 radical (unpaired) electrons. The van der Waals surface area contributed by atoms with E-state index in [1.54, 1.807) is 0 Å². The SMILES string of the molecule is O=C(Nc1cc(Cl)c(-c2ccc(OCC(F)(F)F)nc2)cc1F)N1CCc2cc(=O)[nH]nc2C1. The molecule has 3 heterocycles. The van der Waals surface area contributed by atoms with Crippen LogP contribution in [0.3, 0.4) is 0 Å². The van der Waals surface area contributed by atoms with Gasteiger partial charge in [0.25, 0.3) is 5.56 Å². The number of nitrogens with one attached hydrogen (secondary N) is 2. The van der Waals surface area contributed by atoms with Crippen molar-refractivity contribution >= 4 is 23.3 Å². The van der Waals surface area contributed by atoms with E-state index in [0.717, 1.165) is 11.6 Å². The van der Waals surface area contributed by atoms with Crippen LogP contribution in [0.25, 0.3) is 11.1 Å². The number of amides is 2. The molecule has 0 aliphatic carbocycles. The number of pyridine rings is 1. The molecule has 4 rings (SSSR count). The number of aromatic nitrogens is 3. The van der Waals surface area contributed by atoms with Crippen LogP contribution >= 0.6 is 11.6 Å². The molecule has 0 spiro atoms. The Hall–Kier alpha value is -3.67. The lowest BCUT2D eigenvalue weighted by molar-refractivity contribution is -0.154. The van der Waals surface area contributed by atoms with Gasteiger partial charge < -0.3 is 15.0 Å². The number of halogens is 5. The monoisotopic (exact) mass is 497 g/mol. The number of urea groups is 1. The van der Waals surface area contributed by atoms with Gasteiger partial charge in [-0.15, -0.1) is 0 Å². The quantitative estimate of drug-likeness (QED) is 0.527. The van der Waals surface area contributed by atoms with Crippen molar-refractivity contribution < 1.29 is 27.1 Å². The first-order valence-corrected chi connectivity index (χ1v) is 10.3. The van der Waals surface area contributed by atoms with Gasteiger partial charge >= 0.3 is 12.2 Å². The fourth-order valence-electron chi connectivity index (χ4n) is 3.35. The van der Waals surface area contributed by atoms with Crippen molar-refractivity contribution in [3.8, 4) is 17.0 Å². The Morgan fingerprint density at radius 3 is 2.76 bits per heavy atom. The molecule has 0 fully saturated rings. The molecule has 3 aromatic rings. The number of carbonyl (C=O) groups excluding carboxylic acids is 1. The van der Waals surface area contributed by atoms with Gasteiger partial charge in [0, 0.05) is 36.0 Å². The number of benzene rings is 1. The Morgan fingerprint density at radius 2 is 2.06 bits per heavy atom. The first kappa shape index (κ1) is 23.5. The second kappa shape index (κ2) is 9.29. The fraction of sp³-hybridized carbons (Fsp3) is 0.238. The summed E-state index contributed by atoms with van der Waals surface area (Å²) >= 11 is 6.26. The summed E-state index contributed by atoms with van der Waals surface area (Å²) in [5, 5.41) is 8.82. The third kappa shape index (κ3) is 5.45. The van der Waals surface area contributed by atoms with E-state index in [0.29, 0.717) is 24.2 Å². The summed E-state index contributed by atoms with van der Waals surface area (Å²) in [4.78, 5) is 29.2. The summed E-state index contributed by atoms with van der Waals surface area (Å²) < 4.78 is 56.0. The van der Waals surface area contributed by atoms with Gasteiger partial charge in [-0.1, -0.05) is 11.6 Å². The zero-order chi connectivity index (χ0) is 24.5. The molecule has 1 aromatic carbocycles. The highest BCUT2D eigenvalue weighted by Crippen LogP contribution is 2.33. The maximum absolute atomic E-state index is 14.7. The molecule has 178 valence electrons. The van der Waals surface area contributed by atoms with Crippen LogP contribution in [0.2, 0.25) is 5.02 Å². The number of H-pyrrole nitrogens is 1. The lowest BCUT2D eigenvalue weighted by Gasteiger charge is -2.27. The van der Waals surface area contributed by atoms with Crippen molar-refractivity contribution in [1.82, 2.24) is 20.1 Å². The van der Waals surface area contributed by atoms with Crippen LogP contribution in [0, 0.1) is 5.82 Å². The zero-order valence-corrected chi connectivity index (χ0v) is 18.0. The molecule has 0 saturated heterocycles. The third-order valence-corrected chi connectivity index (χ3v) is 5.30. The molecule has 1 aliphatic rings. The Morgan fingerprint density at radius 1 is 1.26 bits per heavy atom. The lowest BCUT2D eigenvalue weighted by Crippen LogP contribution is -2.40. The van der Waals surface area contributed by atoms with Crippen molar-refractivity contribution in [3.05, 3.63) is 69.0 Å². The van der Waals surface area contributed by atoms with Crippen LogP contribution in [0.1, 0.15) is 11.3 Å². The topological polar surface area (TPSA) is 100 Å². The van der Waals surface area contributed by atoms with Crippen LogP contribution in [0.4, 0.5) is 28.0 Å². The summed E-state index contributed by atoms with van der Waals surface area (Å²) in [7, 11) is 0. The number of fused-ring (bicyclic) bond motifs is 1. The molecule has 0 unspecified atom stereocenters. The van der Waals surface area contributed by atoms with Gasteiger partial charge in [-0.05, 0) is 30.2 Å². The van der Waals surface area contributed by atoms with Crippen molar-refractivity contribution in [1.29, 1.82) is 0 Å². The highest BCUT2D eigenvalue weighted by Gasteiger charge is 2.28.